The number of hydrogen-bond donors (Lipinski definition) is 4. The first-order chi connectivity index (χ1) is 16.6. The zero-order valence-corrected chi connectivity index (χ0v) is 23.7. The Morgan fingerprint density at radius 2 is 1.33 bits per heavy atom. The molecule has 0 saturated carbocycles. The molecule has 7 nitrogen and oxygen atoms in total. The van der Waals surface area contributed by atoms with Crippen molar-refractivity contribution in [1.82, 2.24) is 5.32 Å². The minimum Gasteiger partial charge on any atom is -0.465 e. The van der Waals surface area contributed by atoms with Crippen LogP contribution in [0.5, 0.6) is 0 Å². The lowest BCUT2D eigenvalue weighted by atomic mass is 9.60. The van der Waals surface area contributed by atoms with Crippen LogP contribution in [-0.4, -0.2) is 28.3 Å². The molecule has 36 heavy (non-hydrogen) atoms. The monoisotopic (exact) mass is 558 g/mol. The molecule has 3 amide bonds. The third-order valence-electron chi connectivity index (χ3n) is 6.32. The van der Waals surface area contributed by atoms with Crippen molar-refractivity contribution in [3.8, 4) is 0 Å². The highest BCUT2D eigenvalue weighted by molar-refractivity contribution is 9.09. The number of rotatable bonds is 9. The van der Waals surface area contributed by atoms with E-state index in [0.29, 0.717) is 17.8 Å². The summed E-state index contributed by atoms with van der Waals surface area (Å²) >= 11 is 3.14. The molecule has 2 aromatic rings. The molecule has 2 rings (SSSR count). The molecule has 1 radical (unpaired) electrons. The first kappa shape index (κ1) is 29.4. The number of carbonyl (C=O) groups excluding carboxylic acids is 2. The largest absolute Gasteiger partial charge is 0.465 e. The number of amides is 3. The van der Waals surface area contributed by atoms with Gasteiger partial charge in [0, 0.05) is 22.7 Å². The van der Waals surface area contributed by atoms with Gasteiger partial charge in [0.1, 0.15) is 0 Å². The molecule has 2 aromatic carbocycles. The predicted octanol–water partition coefficient (Wildman–Crippen LogP) is 6.35. The van der Waals surface area contributed by atoms with E-state index in [4.69, 9.17) is 0 Å². The zero-order valence-electron chi connectivity index (χ0n) is 22.1. The van der Waals surface area contributed by atoms with Crippen LogP contribution in [0.3, 0.4) is 0 Å². The Kier molecular flexibility index (Phi) is 9.34. The number of benzene rings is 2. The Hall–Kier alpha value is -2.87. The fourth-order valence-corrected chi connectivity index (χ4v) is 4.69. The van der Waals surface area contributed by atoms with Gasteiger partial charge in [-0.05, 0) is 47.2 Å². The van der Waals surface area contributed by atoms with Crippen molar-refractivity contribution < 1.29 is 19.5 Å². The van der Waals surface area contributed by atoms with Crippen molar-refractivity contribution in [2.45, 2.75) is 60.4 Å². The number of halogens is 1. The van der Waals surface area contributed by atoms with E-state index < -0.39 is 22.5 Å². The van der Waals surface area contributed by atoms with Gasteiger partial charge < -0.3 is 21.1 Å². The topological polar surface area (TPSA) is 108 Å². The molecule has 4 N–H and O–H groups in total. The van der Waals surface area contributed by atoms with Crippen LogP contribution >= 0.6 is 15.9 Å². The summed E-state index contributed by atoms with van der Waals surface area (Å²) in [6.45, 7) is 13.5. The Bertz CT molecular complexity index is 1070. The molecule has 1 unspecified atom stereocenters. The van der Waals surface area contributed by atoms with Gasteiger partial charge in [-0.15, -0.1) is 0 Å². The molecule has 0 aliphatic carbocycles. The van der Waals surface area contributed by atoms with Crippen molar-refractivity contribution in [2.24, 2.45) is 10.8 Å². The van der Waals surface area contributed by atoms with E-state index in [9.17, 15) is 19.5 Å². The van der Waals surface area contributed by atoms with E-state index in [-0.39, 0.29) is 17.1 Å². The van der Waals surface area contributed by atoms with Gasteiger partial charge in [-0.25, -0.2) is 4.79 Å². The van der Waals surface area contributed by atoms with Crippen molar-refractivity contribution in [3.05, 3.63) is 65.6 Å². The maximum absolute atomic E-state index is 12.3. The van der Waals surface area contributed by atoms with Gasteiger partial charge in [0.15, 0.2) is 0 Å². The maximum Gasteiger partial charge on any atom is 0.405 e. The lowest BCUT2D eigenvalue weighted by molar-refractivity contribution is -0.123. The number of hydrogen-bond acceptors (Lipinski definition) is 3. The molecule has 0 saturated heterocycles. The Labute approximate surface area is 222 Å². The summed E-state index contributed by atoms with van der Waals surface area (Å²) in [4.78, 5) is 36.1. The van der Waals surface area contributed by atoms with Crippen molar-refractivity contribution in [1.29, 1.82) is 0 Å². The van der Waals surface area contributed by atoms with Crippen LogP contribution in [0, 0.1) is 16.7 Å². The number of nitrogens with one attached hydrogen (secondary N) is 3. The summed E-state index contributed by atoms with van der Waals surface area (Å²) in [5, 5.41) is 18.6. The van der Waals surface area contributed by atoms with Gasteiger partial charge in [-0.2, -0.15) is 0 Å². The van der Waals surface area contributed by atoms with Crippen LogP contribution in [0.25, 0.3) is 0 Å². The first-order valence-electron chi connectivity index (χ1n) is 11.8. The van der Waals surface area contributed by atoms with E-state index in [2.05, 4.69) is 31.9 Å². The number of alkyl halides is 1. The average molecular weight is 560 g/mol. The van der Waals surface area contributed by atoms with E-state index in [1.807, 2.05) is 84.9 Å². The number of carboxylic acid groups (broad SMARTS) is 1. The van der Waals surface area contributed by atoms with E-state index in [0.717, 1.165) is 17.0 Å². The summed E-state index contributed by atoms with van der Waals surface area (Å²) in [5.41, 5.74) is 1.05. The molecule has 0 aliphatic rings. The summed E-state index contributed by atoms with van der Waals surface area (Å²) in [6, 6.07) is 14.9. The quantitative estimate of drug-likeness (QED) is 0.269. The van der Waals surface area contributed by atoms with Crippen LogP contribution in [0.15, 0.2) is 48.5 Å². The second-order valence-electron chi connectivity index (χ2n) is 10.9. The summed E-state index contributed by atoms with van der Waals surface area (Å²) in [6.07, 6.45) is -0.560. The number of carbonyl (C=O) groups is 3. The van der Waals surface area contributed by atoms with Crippen LogP contribution in [0.1, 0.15) is 59.6 Å². The van der Waals surface area contributed by atoms with Crippen molar-refractivity contribution in [2.75, 3.05) is 16.0 Å². The molecule has 1 atom stereocenters. The molecule has 8 heteroatoms. The summed E-state index contributed by atoms with van der Waals surface area (Å²) < 4.78 is 0. The second kappa shape index (κ2) is 11.5. The maximum atomic E-state index is 12.3. The van der Waals surface area contributed by atoms with Crippen molar-refractivity contribution >= 4 is 45.2 Å². The molecule has 0 fully saturated rings. The standard InChI is InChI=1S/C28H37BrN3O4/c1-18(2)28(32-25(35)36,20-10-14-21(15-11-20)30-23(33)17-29)27(6,7)16-19-8-12-22(13-9-19)31-24(34)26(3,4)5/h8-15,32H,16-17H2,1-7H3,(H,30,33)(H,31,34)(H,35,36). The predicted molar refractivity (Wildman–Crippen MR) is 148 cm³/mol. The minimum absolute atomic E-state index is 0.0627. The Balaban J connectivity index is 2.42. The van der Waals surface area contributed by atoms with E-state index >= 15 is 0 Å². The van der Waals surface area contributed by atoms with E-state index in [1.165, 1.54) is 0 Å². The van der Waals surface area contributed by atoms with Crippen LogP contribution in [-0.2, 0) is 21.5 Å². The lowest BCUT2D eigenvalue weighted by Crippen LogP contribution is -2.58. The molecule has 0 bridgehead atoms. The first-order valence-corrected chi connectivity index (χ1v) is 12.9. The van der Waals surface area contributed by atoms with Gasteiger partial charge in [0.05, 0.1) is 10.9 Å². The zero-order chi connectivity index (χ0) is 27.3. The highest BCUT2D eigenvalue weighted by Gasteiger charge is 2.50. The van der Waals surface area contributed by atoms with Gasteiger partial charge in [-0.3, -0.25) is 9.59 Å². The third-order valence-corrected chi connectivity index (χ3v) is 6.83. The summed E-state index contributed by atoms with van der Waals surface area (Å²) in [7, 11) is 0. The Morgan fingerprint density at radius 3 is 1.78 bits per heavy atom. The molecular weight excluding hydrogens is 522 g/mol. The van der Waals surface area contributed by atoms with Crippen LogP contribution in [0.4, 0.5) is 16.2 Å². The van der Waals surface area contributed by atoms with Gasteiger partial charge >= 0.3 is 6.09 Å². The summed E-state index contributed by atoms with van der Waals surface area (Å²) in [5.74, 6) is 0.659. The molecule has 0 aromatic heterocycles. The number of anilines is 2. The fraction of sp³-hybridized carbons (Fsp3) is 0.429. The minimum atomic E-state index is -1.12. The van der Waals surface area contributed by atoms with Crippen molar-refractivity contribution in [3.63, 3.8) is 0 Å². The van der Waals surface area contributed by atoms with Crippen LogP contribution in [0.2, 0.25) is 0 Å². The average Bonchev–Trinajstić information content (AvgIpc) is 2.78. The molecule has 0 spiro atoms. The highest BCUT2D eigenvalue weighted by atomic mass is 79.9. The third kappa shape index (κ3) is 6.87. The molecular formula is C28H37BrN3O4. The Morgan fingerprint density at radius 1 is 0.833 bits per heavy atom. The van der Waals surface area contributed by atoms with E-state index in [1.54, 1.807) is 12.1 Å². The van der Waals surface area contributed by atoms with Crippen LogP contribution < -0.4 is 16.0 Å². The van der Waals surface area contributed by atoms with Gasteiger partial charge in [-0.1, -0.05) is 88.7 Å². The smallest absolute Gasteiger partial charge is 0.405 e. The van der Waals surface area contributed by atoms with Gasteiger partial charge in [0.25, 0.3) is 0 Å². The fourth-order valence-electron chi connectivity index (χ4n) is 4.55. The molecule has 0 aliphatic heterocycles. The normalized spacial score (nSPS) is 13.6. The lowest BCUT2D eigenvalue weighted by Gasteiger charge is -2.50. The van der Waals surface area contributed by atoms with Gasteiger partial charge in [0.2, 0.25) is 11.8 Å². The SMILES string of the molecule is C[C](C)C(NC(=O)O)(c1ccc(NC(=O)CBr)cc1)C(C)(C)Cc1ccc(NC(=O)C(C)(C)C)cc1. The molecule has 195 valence electrons. The second-order valence-corrected chi connectivity index (χ2v) is 11.5. The highest BCUT2D eigenvalue weighted by Crippen LogP contribution is 2.48. The molecule has 0 heterocycles.